The minimum absolute atomic E-state index is 0.417. The van der Waals surface area contributed by atoms with Crippen LogP contribution >= 0.6 is 0 Å². The molecule has 1 aromatic carbocycles. The third-order valence-corrected chi connectivity index (χ3v) is 5.11. The molecular weight excluding hydrogens is 250 g/mol. The van der Waals surface area contributed by atoms with E-state index >= 15 is 0 Å². The molecule has 0 amide bonds. The van der Waals surface area contributed by atoms with Gasteiger partial charge < -0.3 is 5.11 Å². The summed E-state index contributed by atoms with van der Waals surface area (Å²) in [5.41, 5.74) is 2.94. The van der Waals surface area contributed by atoms with Gasteiger partial charge in [-0.15, -0.1) is 0 Å². The summed E-state index contributed by atoms with van der Waals surface area (Å²) in [4.78, 5) is 13.6. The van der Waals surface area contributed by atoms with Gasteiger partial charge in [-0.1, -0.05) is 19.4 Å². The number of rotatable bonds is 3. The van der Waals surface area contributed by atoms with Crippen molar-refractivity contribution >= 4 is 5.97 Å². The Balaban J connectivity index is 1.67. The largest absolute Gasteiger partial charge is 0.478 e. The van der Waals surface area contributed by atoms with E-state index in [-0.39, 0.29) is 0 Å². The quantitative estimate of drug-likeness (QED) is 0.913. The second-order valence-corrected chi connectivity index (χ2v) is 6.28. The van der Waals surface area contributed by atoms with E-state index < -0.39 is 5.97 Å². The molecule has 1 saturated carbocycles. The molecular formula is C17H23NO2. The first-order valence-corrected chi connectivity index (χ1v) is 7.76. The number of carbonyl (C=O) groups is 1. The van der Waals surface area contributed by atoms with Gasteiger partial charge in [-0.2, -0.15) is 0 Å². The molecule has 1 N–H and O–H groups in total. The molecule has 1 aliphatic carbocycles. The van der Waals surface area contributed by atoms with Gasteiger partial charge in [0.15, 0.2) is 0 Å². The van der Waals surface area contributed by atoms with Gasteiger partial charge in [-0.05, 0) is 54.9 Å². The summed E-state index contributed by atoms with van der Waals surface area (Å²) < 4.78 is 0. The molecule has 1 fully saturated rings. The zero-order valence-corrected chi connectivity index (χ0v) is 12.1. The summed E-state index contributed by atoms with van der Waals surface area (Å²) in [5, 5.41) is 9.07. The molecule has 0 bridgehead atoms. The lowest BCUT2D eigenvalue weighted by Crippen LogP contribution is -2.34. The Morgan fingerprint density at radius 1 is 1.20 bits per heavy atom. The normalized spacial score (nSPS) is 26.4. The number of carboxylic acids is 1. The average molecular weight is 273 g/mol. The summed E-state index contributed by atoms with van der Waals surface area (Å²) >= 11 is 0. The van der Waals surface area contributed by atoms with Gasteiger partial charge in [0.05, 0.1) is 5.56 Å². The van der Waals surface area contributed by atoms with Crippen molar-refractivity contribution in [2.24, 2.45) is 5.92 Å². The van der Waals surface area contributed by atoms with Gasteiger partial charge in [0, 0.05) is 19.1 Å². The van der Waals surface area contributed by atoms with Crippen molar-refractivity contribution in [1.29, 1.82) is 0 Å². The smallest absolute Gasteiger partial charge is 0.335 e. The van der Waals surface area contributed by atoms with Crippen molar-refractivity contribution in [2.75, 3.05) is 0 Å². The highest BCUT2D eigenvalue weighted by molar-refractivity contribution is 5.87. The highest BCUT2D eigenvalue weighted by Crippen LogP contribution is 2.34. The van der Waals surface area contributed by atoms with E-state index in [9.17, 15) is 4.79 Å². The minimum Gasteiger partial charge on any atom is -0.478 e. The summed E-state index contributed by atoms with van der Waals surface area (Å²) in [6, 6.07) is 6.28. The Morgan fingerprint density at radius 2 is 1.90 bits per heavy atom. The van der Waals surface area contributed by atoms with Crippen LogP contribution in [0.25, 0.3) is 0 Å². The highest BCUT2D eigenvalue weighted by Gasteiger charge is 2.29. The van der Waals surface area contributed by atoms with E-state index in [4.69, 9.17) is 5.11 Å². The van der Waals surface area contributed by atoms with E-state index in [1.807, 2.05) is 12.1 Å². The van der Waals surface area contributed by atoms with Crippen LogP contribution in [-0.4, -0.2) is 22.0 Å². The second kappa shape index (κ2) is 5.57. The average Bonchev–Trinajstić information content (AvgIpc) is 2.90. The third-order valence-electron chi connectivity index (χ3n) is 5.11. The van der Waals surface area contributed by atoms with Gasteiger partial charge in [-0.25, -0.2) is 4.79 Å². The van der Waals surface area contributed by atoms with Crippen LogP contribution in [0.1, 0.15) is 60.5 Å². The van der Waals surface area contributed by atoms with Crippen LogP contribution in [0.4, 0.5) is 0 Å². The van der Waals surface area contributed by atoms with Gasteiger partial charge >= 0.3 is 5.97 Å². The first-order valence-electron chi connectivity index (χ1n) is 7.76. The zero-order chi connectivity index (χ0) is 14.1. The lowest BCUT2D eigenvalue weighted by molar-refractivity contribution is 0.0696. The molecule has 0 atom stereocenters. The maximum Gasteiger partial charge on any atom is 0.335 e. The van der Waals surface area contributed by atoms with Crippen molar-refractivity contribution in [3.63, 3.8) is 0 Å². The SMILES string of the molecule is CCC1CCC(N2Cc3ccc(C(=O)O)cc3C2)CC1. The maximum atomic E-state index is 11.0. The lowest BCUT2D eigenvalue weighted by Gasteiger charge is -2.34. The molecule has 2 aliphatic rings. The monoisotopic (exact) mass is 273 g/mol. The molecule has 20 heavy (non-hydrogen) atoms. The Morgan fingerprint density at radius 3 is 2.55 bits per heavy atom. The van der Waals surface area contributed by atoms with Crippen LogP contribution in [-0.2, 0) is 13.1 Å². The van der Waals surface area contributed by atoms with Crippen molar-refractivity contribution < 1.29 is 9.90 Å². The van der Waals surface area contributed by atoms with Crippen LogP contribution < -0.4 is 0 Å². The van der Waals surface area contributed by atoms with Gasteiger partial charge in [0.1, 0.15) is 0 Å². The van der Waals surface area contributed by atoms with Crippen LogP contribution in [0, 0.1) is 5.92 Å². The predicted octanol–water partition coefficient (Wildman–Crippen LogP) is 3.67. The second-order valence-electron chi connectivity index (χ2n) is 6.28. The van der Waals surface area contributed by atoms with E-state index in [0.29, 0.717) is 11.6 Å². The predicted molar refractivity (Wildman–Crippen MR) is 78.7 cm³/mol. The van der Waals surface area contributed by atoms with Crippen LogP contribution in [0.15, 0.2) is 18.2 Å². The topological polar surface area (TPSA) is 40.5 Å². The Hall–Kier alpha value is -1.35. The fourth-order valence-electron chi connectivity index (χ4n) is 3.73. The van der Waals surface area contributed by atoms with Gasteiger partial charge in [-0.3, -0.25) is 4.90 Å². The van der Waals surface area contributed by atoms with E-state index in [0.717, 1.165) is 19.0 Å². The van der Waals surface area contributed by atoms with Crippen LogP contribution in [0.5, 0.6) is 0 Å². The summed E-state index contributed by atoms with van der Waals surface area (Å²) in [6.07, 6.45) is 6.63. The van der Waals surface area contributed by atoms with Crippen molar-refractivity contribution in [1.82, 2.24) is 4.90 Å². The number of aromatic carboxylic acids is 1. The minimum atomic E-state index is -0.824. The number of hydrogen-bond acceptors (Lipinski definition) is 2. The first-order chi connectivity index (χ1) is 9.67. The first kappa shape index (κ1) is 13.6. The standard InChI is InChI=1S/C17H23NO2/c1-2-12-3-7-16(8-4-12)18-10-14-6-5-13(17(19)20)9-15(14)11-18/h5-6,9,12,16H,2-4,7-8,10-11H2,1H3,(H,19,20). The molecule has 3 heteroatoms. The highest BCUT2D eigenvalue weighted by atomic mass is 16.4. The third kappa shape index (κ3) is 2.59. The number of hydrogen-bond donors (Lipinski definition) is 1. The van der Waals surface area contributed by atoms with Gasteiger partial charge in [0.2, 0.25) is 0 Å². The molecule has 0 saturated heterocycles. The number of benzene rings is 1. The summed E-state index contributed by atoms with van der Waals surface area (Å²) in [7, 11) is 0. The van der Waals surface area contributed by atoms with Crippen LogP contribution in [0.3, 0.4) is 0 Å². The molecule has 0 aromatic heterocycles. The molecule has 3 nitrogen and oxygen atoms in total. The van der Waals surface area contributed by atoms with E-state index in [1.54, 1.807) is 6.07 Å². The molecule has 1 aromatic rings. The summed E-state index contributed by atoms with van der Waals surface area (Å²) in [5.74, 6) is 0.101. The molecule has 1 heterocycles. The van der Waals surface area contributed by atoms with Crippen molar-refractivity contribution in [2.45, 2.75) is 58.2 Å². The zero-order valence-electron chi connectivity index (χ0n) is 12.1. The molecule has 3 rings (SSSR count). The van der Waals surface area contributed by atoms with Crippen molar-refractivity contribution in [3.05, 3.63) is 34.9 Å². The number of nitrogens with zero attached hydrogens (tertiary/aromatic N) is 1. The molecule has 108 valence electrons. The lowest BCUT2D eigenvalue weighted by atomic mass is 9.84. The molecule has 1 aliphatic heterocycles. The van der Waals surface area contributed by atoms with E-state index in [2.05, 4.69) is 11.8 Å². The Bertz CT molecular complexity index is 504. The van der Waals surface area contributed by atoms with E-state index in [1.165, 1.54) is 43.2 Å². The van der Waals surface area contributed by atoms with Crippen LogP contribution in [0.2, 0.25) is 0 Å². The fraction of sp³-hybridized carbons (Fsp3) is 0.588. The summed E-state index contributed by atoms with van der Waals surface area (Å²) in [6.45, 7) is 4.22. The number of carboxylic acid groups (broad SMARTS) is 1. The molecule has 0 spiro atoms. The fourth-order valence-corrected chi connectivity index (χ4v) is 3.73. The molecule has 0 unspecified atom stereocenters. The molecule has 0 radical (unpaired) electrons. The van der Waals surface area contributed by atoms with Crippen molar-refractivity contribution in [3.8, 4) is 0 Å². The maximum absolute atomic E-state index is 11.0. The number of fused-ring (bicyclic) bond motifs is 1. The van der Waals surface area contributed by atoms with Gasteiger partial charge in [0.25, 0.3) is 0 Å². The Labute approximate surface area is 120 Å². The Kier molecular flexibility index (Phi) is 3.79.